The molecule has 2 aromatic rings. The second-order valence-electron chi connectivity index (χ2n) is 11.1. The fourth-order valence-corrected chi connectivity index (χ4v) is 4.98. The maximum Gasteiger partial charge on any atom is 0.471 e. The summed E-state index contributed by atoms with van der Waals surface area (Å²) in [6.45, 7) is 16.8. The molecule has 0 N–H and O–H groups in total. The van der Waals surface area contributed by atoms with Crippen LogP contribution in [0.3, 0.4) is 0 Å². The van der Waals surface area contributed by atoms with Crippen molar-refractivity contribution in [2.75, 3.05) is 0 Å². The first-order valence-corrected chi connectivity index (χ1v) is 11.2. The molecule has 2 saturated heterocycles. The van der Waals surface area contributed by atoms with Crippen LogP contribution in [0.5, 0.6) is 0 Å². The van der Waals surface area contributed by atoms with Gasteiger partial charge in [-0.15, -0.1) is 0 Å². The van der Waals surface area contributed by atoms with Gasteiger partial charge in [-0.2, -0.15) is 0 Å². The lowest BCUT2D eigenvalue weighted by Gasteiger charge is -2.35. The third-order valence-electron chi connectivity index (χ3n) is 8.29. The van der Waals surface area contributed by atoms with Crippen LogP contribution in [0, 0.1) is 0 Å². The molecule has 2 aliphatic heterocycles. The van der Waals surface area contributed by atoms with Gasteiger partial charge < -0.3 is 18.6 Å². The lowest BCUT2D eigenvalue weighted by atomic mass is 9.35. The molecule has 2 aromatic carbocycles. The van der Waals surface area contributed by atoms with Crippen LogP contribution < -0.4 is 0 Å². The van der Waals surface area contributed by atoms with E-state index in [1.54, 1.807) is 0 Å². The molecule has 1 aliphatic carbocycles. The molecule has 162 valence electrons. The summed E-state index contributed by atoms with van der Waals surface area (Å²) in [5.74, 6) is 0. The van der Waals surface area contributed by atoms with E-state index in [-0.39, 0.29) is 0 Å². The third kappa shape index (κ3) is 2.65. The third-order valence-corrected chi connectivity index (χ3v) is 8.29. The summed E-state index contributed by atoms with van der Waals surface area (Å²) in [5, 5.41) is -0.747. The molecule has 0 unspecified atom stereocenters. The lowest BCUT2D eigenvalue weighted by molar-refractivity contribution is 0.00578. The van der Waals surface area contributed by atoms with Gasteiger partial charge in [0.25, 0.3) is 0 Å². The molecular weight excluding hydrogens is 386 g/mol. The number of benzene rings is 2. The van der Waals surface area contributed by atoms with Crippen LogP contribution in [0.2, 0.25) is 0 Å². The SMILES string of the molecule is CC1(C)OB(C2(B3OC(C)(C)C(C)(C)O3)c3ccccc3-c3ccccc32)OC1(C)C. The Morgan fingerprint density at radius 3 is 1.10 bits per heavy atom. The average molecular weight is 418 g/mol. The van der Waals surface area contributed by atoms with Crippen LogP contribution in [-0.4, -0.2) is 36.6 Å². The van der Waals surface area contributed by atoms with Crippen LogP contribution in [0.1, 0.15) is 66.5 Å². The predicted molar refractivity (Wildman–Crippen MR) is 125 cm³/mol. The minimum atomic E-state index is -0.747. The van der Waals surface area contributed by atoms with E-state index in [1.165, 1.54) is 11.1 Å². The van der Waals surface area contributed by atoms with Crippen molar-refractivity contribution >= 4 is 14.2 Å². The van der Waals surface area contributed by atoms with Crippen LogP contribution in [-0.2, 0) is 23.8 Å². The molecule has 31 heavy (non-hydrogen) atoms. The number of hydrogen-bond acceptors (Lipinski definition) is 4. The Morgan fingerprint density at radius 1 is 0.484 bits per heavy atom. The van der Waals surface area contributed by atoms with E-state index in [1.807, 2.05) is 0 Å². The highest BCUT2D eigenvalue weighted by molar-refractivity contribution is 6.73. The highest BCUT2D eigenvalue weighted by Crippen LogP contribution is 2.58. The van der Waals surface area contributed by atoms with Gasteiger partial charge in [0, 0.05) is 0 Å². The molecule has 6 heteroatoms. The minimum absolute atomic E-state index is 0.471. The van der Waals surface area contributed by atoms with Gasteiger partial charge in [0.2, 0.25) is 0 Å². The summed E-state index contributed by atoms with van der Waals surface area (Å²) in [6, 6.07) is 17.0. The minimum Gasteiger partial charge on any atom is -0.403 e. The van der Waals surface area contributed by atoms with E-state index in [4.69, 9.17) is 18.6 Å². The quantitative estimate of drug-likeness (QED) is 0.628. The number of hydrogen-bond donors (Lipinski definition) is 0. The van der Waals surface area contributed by atoms with Gasteiger partial charge in [0.15, 0.2) is 0 Å². The van der Waals surface area contributed by atoms with Gasteiger partial charge in [-0.25, -0.2) is 0 Å². The maximum atomic E-state index is 6.73. The van der Waals surface area contributed by atoms with Crippen molar-refractivity contribution in [2.24, 2.45) is 0 Å². The van der Waals surface area contributed by atoms with Crippen LogP contribution in [0.15, 0.2) is 48.5 Å². The number of fused-ring (bicyclic) bond motifs is 3. The van der Waals surface area contributed by atoms with Gasteiger partial charge in [-0.3, -0.25) is 0 Å². The van der Waals surface area contributed by atoms with E-state index in [2.05, 4.69) is 104 Å². The standard InChI is InChI=1S/C25H32B2O4/c1-21(2)22(3,4)29-26(28-21)25(27-30-23(5,6)24(7,8)31-27)19-15-11-9-13-17(19)18-14-10-12-16-20(18)25/h9-16H,1-8H3. The van der Waals surface area contributed by atoms with Gasteiger partial charge in [0.05, 0.1) is 27.6 Å². The van der Waals surface area contributed by atoms with Gasteiger partial charge in [0.1, 0.15) is 0 Å². The van der Waals surface area contributed by atoms with E-state index < -0.39 is 41.9 Å². The molecule has 0 amide bonds. The molecule has 0 radical (unpaired) electrons. The first kappa shape index (κ1) is 21.3. The molecule has 0 saturated carbocycles. The normalized spacial score (nSPS) is 26.1. The highest BCUT2D eigenvalue weighted by Gasteiger charge is 2.72. The van der Waals surface area contributed by atoms with Crippen molar-refractivity contribution in [1.29, 1.82) is 0 Å². The van der Waals surface area contributed by atoms with E-state index in [9.17, 15) is 0 Å². The molecule has 2 heterocycles. The highest BCUT2D eigenvalue weighted by atomic mass is 16.7. The zero-order valence-corrected chi connectivity index (χ0v) is 19.9. The van der Waals surface area contributed by atoms with Crippen molar-refractivity contribution in [3.8, 4) is 11.1 Å². The van der Waals surface area contributed by atoms with Crippen molar-refractivity contribution in [3.63, 3.8) is 0 Å². The molecule has 0 spiro atoms. The molecule has 5 rings (SSSR count). The smallest absolute Gasteiger partial charge is 0.403 e. The van der Waals surface area contributed by atoms with E-state index in [0.717, 1.165) is 11.1 Å². The van der Waals surface area contributed by atoms with Gasteiger partial charge >= 0.3 is 14.2 Å². The zero-order chi connectivity index (χ0) is 22.4. The molecule has 0 aromatic heterocycles. The summed E-state index contributed by atoms with van der Waals surface area (Å²) in [4.78, 5) is 0. The van der Waals surface area contributed by atoms with Crippen molar-refractivity contribution in [2.45, 2.75) is 83.0 Å². The first-order valence-electron chi connectivity index (χ1n) is 11.2. The molecular formula is C25H32B2O4. The van der Waals surface area contributed by atoms with Gasteiger partial charge in [-0.05, 0) is 77.6 Å². The maximum absolute atomic E-state index is 6.73. The summed E-state index contributed by atoms with van der Waals surface area (Å²) in [6.07, 6.45) is 0. The fourth-order valence-electron chi connectivity index (χ4n) is 4.98. The van der Waals surface area contributed by atoms with Crippen molar-refractivity contribution in [1.82, 2.24) is 0 Å². The van der Waals surface area contributed by atoms with Crippen LogP contribution in [0.25, 0.3) is 11.1 Å². The van der Waals surface area contributed by atoms with Crippen molar-refractivity contribution in [3.05, 3.63) is 59.7 Å². The summed E-state index contributed by atoms with van der Waals surface area (Å²) < 4.78 is 26.9. The number of rotatable bonds is 2. The van der Waals surface area contributed by atoms with E-state index >= 15 is 0 Å². The Hall–Kier alpha value is -1.59. The largest absolute Gasteiger partial charge is 0.471 e. The zero-order valence-electron chi connectivity index (χ0n) is 19.9. The van der Waals surface area contributed by atoms with Crippen LogP contribution >= 0.6 is 0 Å². The molecule has 0 atom stereocenters. The van der Waals surface area contributed by atoms with Crippen molar-refractivity contribution < 1.29 is 18.6 Å². The Bertz CT molecular complexity index is 928. The Kier molecular flexibility index (Phi) is 4.29. The average Bonchev–Trinajstić information content (AvgIpc) is 3.17. The molecule has 3 aliphatic rings. The molecule has 0 bridgehead atoms. The Balaban J connectivity index is 1.79. The van der Waals surface area contributed by atoms with Crippen LogP contribution in [0.4, 0.5) is 0 Å². The molecule has 4 nitrogen and oxygen atoms in total. The Labute approximate surface area is 186 Å². The Morgan fingerprint density at radius 2 is 0.774 bits per heavy atom. The monoisotopic (exact) mass is 418 g/mol. The molecule has 2 fully saturated rings. The van der Waals surface area contributed by atoms with E-state index in [0.29, 0.717) is 0 Å². The van der Waals surface area contributed by atoms with Gasteiger partial charge in [-0.1, -0.05) is 48.5 Å². The fraction of sp³-hybridized carbons (Fsp3) is 0.520. The summed E-state index contributed by atoms with van der Waals surface area (Å²) in [5.41, 5.74) is 2.75. The lowest BCUT2D eigenvalue weighted by Crippen LogP contribution is -2.58. The first-order chi connectivity index (χ1) is 14.3. The summed E-state index contributed by atoms with van der Waals surface area (Å²) >= 11 is 0. The summed E-state index contributed by atoms with van der Waals surface area (Å²) in [7, 11) is -1.12. The second kappa shape index (κ2) is 6.26. The second-order valence-corrected chi connectivity index (χ2v) is 11.1. The topological polar surface area (TPSA) is 36.9 Å². The predicted octanol–water partition coefficient (Wildman–Crippen LogP) is 5.22.